The van der Waals surface area contributed by atoms with Crippen LogP contribution in [0.4, 0.5) is 0 Å². The highest BCUT2D eigenvalue weighted by Crippen LogP contribution is 2.39. The summed E-state index contributed by atoms with van der Waals surface area (Å²) in [6.45, 7) is 9.37. The zero-order chi connectivity index (χ0) is 19.3. The number of rotatable bonds is 5. The fraction of sp³-hybridized carbons (Fsp3) is 0.600. The lowest BCUT2D eigenvalue weighted by Crippen LogP contribution is -2.46. The molecule has 27 heavy (non-hydrogen) atoms. The molecule has 7 heteroatoms. The molecule has 0 spiro atoms. The molecule has 152 valence electrons. The van der Waals surface area contributed by atoms with E-state index in [1.54, 1.807) is 19.0 Å². The third-order valence-electron chi connectivity index (χ3n) is 4.24. The summed E-state index contributed by atoms with van der Waals surface area (Å²) in [5.74, 6) is 2.01. The summed E-state index contributed by atoms with van der Waals surface area (Å²) in [6, 6.07) is 8.15. The molecule has 1 aromatic carbocycles. The molecule has 2 rings (SSSR count). The van der Waals surface area contributed by atoms with E-state index in [1.165, 1.54) is 0 Å². The lowest BCUT2D eigenvalue weighted by Gasteiger charge is -2.38. The van der Waals surface area contributed by atoms with Gasteiger partial charge < -0.3 is 20.3 Å². The molecule has 0 radical (unpaired) electrons. The maximum absolute atomic E-state index is 11.9. The van der Waals surface area contributed by atoms with Gasteiger partial charge in [-0.2, -0.15) is 0 Å². The van der Waals surface area contributed by atoms with Gasteiger partial charge in [-0.15, -0.1) is 24.0 Å². The first kappa shape index (κ1) is 23.5. The molecule has 1 aliphatic rings. The molecule has 0 saturated heterocycles. The Hall–Kier alpha value is -1.51. The standard InChI is InChI=1S/C20H32N4O2.HI/c1-14(2)12-21-19(22-13-18(25)24(5)6)23-16-11-20(3,4)26-17-10-8-7-9-15(16)17;/h7-10,14,16H,11-13H2,1-6H3,(H2,21,22,23);1H. The van der Waals surface area contributed by atoms with Gasteiger partial charge in [-0.05, 0) is 25.8 Å². The predicted molar refractivity (Wildman–Crippen MR) is 121 cm³/mol. The van der Waals surface area contributed by atoms with Crippen molar-refractivity contribution in [1.29, 1.82) is 0 Å². The quantitative estimate of drug-likeness (QED) is 0.380. The van der Waals surface area contributed by atoms with Gasteiger partial charge in [0.05, 0.1) is 6.04 Å². The average molecular weight is 488 g/mol. The number of carbonyl (C=O) groups is 1. The second-order valence-electron chi connectivity index (χ2n) is 8.03. The fourth-order valence-corrected chi connectivity index (χ4v) is 2.84. The van der Waals surface area contributed by atoms with Crippen LogP contribution >= 0.6 is 24.0 Å². The number of halogens is 1. The van der Waals surface area contributed by atoms with Gasteiger partial charge in [0.15, 0.2) is 5.96 Å². The van der Waals surface area contributed by atoms with E-state index >= 15 is 0 Å². The van der Waals surface area contributed by atoms with Crippen molar-refractivity contribution in [3.05, 3.63) is 29.8 Å². The number of amides is 1. The number of nitrogens with zero attached hydrogens (tertiary/aromatic N) is 2. The third kappa shape index (κ3) is 7.20. The number of nitrogens with one attached hydrogen (secondary N) is 2. The fourth-order valence-electron chi connectivity index (χ4n) is 2.84. The molecule has 6 nitrogen and oxygen atoms in total. The average Bonchev–Trinajstić information content (AvgIpc) is 2.55. The summed E-state index contributed by atoms with van der Waals surface area (Å²) in [6.07, 6.45) is 0.814. The number of hydrogen-bond donors (Lipinski definition) is 2. The summed E-state index contributed by atoms with van der Waals surface area (Å²) in [5.41, 5.74) is 0.846. The summed E-state index contributed by atoms with van der Waals surface area (Å²) in [7, 11) is 3.48. The number of fused-ring (bicyclic) bond motifs is 1. The topological polar surface area (TPSA) is 66.0 Å². The van der Waals surface area contributed by atoms with E-state index in [1.807, 2.05) is 18.2 Å². The number of aliphatic imine (C=N–C) groups is 1. The van der Waals surface area contributed by atoms with Crippen LogP contribution in [0.5, 0.6) is 5.75 Å². The minimum Gasteiger partial charge on any atom is -0.487 e. The van der Waals surface area contributed by atoms with Crippen molar-refractivity contribution in [2.24, 2.45) is 10.9 Å². The van der Waals surface area contributed by atoms with E-state index < -0.39 is 0 Å². The van der Waals surface area contributed by atoms with Gasteiger partial charge >= 0.3 is 0 Å². The van der Waals surface area contributed by atoms with E-state index in [0.717, 1.165) is 24.3 Å². The van der Waals surface area contributed by atoms with Gasteiger partial charge in [0.25, 0.3) is 0 Å². The highest BCUT2D eigenvalue weighted by atomic mass is 127. The van der Waals surface area contributed by atoms with E-state index in [2.05, 4.69) is 49.4 Å². The summed E-state index contributed by atoms with van der Waals surface area (Å²) in [5, 5.41) is 6.85. The van der Waals surface area contributed by atoms with Gasteiger partial charge in [-0.3, -0.25) is 4.79 Å². The molecule has 1 unspecified atom stereocenters. The Morgan fingerprint density at radius 1 is 1.33 bits per heavy atom. The van der Waals surface area contributed by atoms with Gasteiger partial charge in [-0.25, -0.2) is 4.99 Å². The van der Waals surface area contributed by atoms with Crippen molar-refractivity contribution in [1.82, 2.24) is 15.5 Å². The van der Waals surface area contributed by atoms with E-state index in [0.29, 0.717) is 11.9 Å². The molecule has 1 amide bonds. The smallest absolute Gasteiger partial charge is 0.243 e. The number of ether oxygens (including phenoxy) is 1. The highest BCUT2D eigenvalue weighted by molar-refractivity contribution is 14.0. The van der Waals surface area contributed by atoms with Crippen LogP contribution in [0.2, 0.25) is 0 Å². The number of guanidine groups is 1. The molecule has 1 aliphatic heterocycles. The SMILES string of the molecule is CC(C)CNC(=NCC(=O)N(C)C)NC1CC(C)(C)Oc2ccccc21.I. The second-order valence-corrected chi connectivity index (χ2v) is 8.03. The summed E-state index contributed by atoms with van der Waals surface area (Å²) >= 11 is 0. The van der Waals surface area contributed by atoms with Crippen molar-refractivity contribution >= 4 is 35.8 Å². The lowest BCUT2D eigenvalue weighted by atomic mass is 9.90. The van der Waals surface area contributed by atoms with Crippen LogP contribution < -0.4 is 15.4 Å². The summed E-state index contributed by atoms with van der Waals surface area (Å²) in [4.78, 5) is 18.0. The van der Waals surface area contributed by atoms with Crippen LogP contribution in [0.1, 0.15) is 45.7 Å². The Kier molecular flexibility index (Phi) is 8.84. The van der Waals surface area contributed by atoms with Crippen molar-refractivity contribution in [2.45, 2.75) is 45.8 Å². The van der Waals surface area contributed by atoms with Gasteiger partial charge in [-0.1, -0.05) is 32.0 Å². The first-order chi connectivity index (χ1) is 12.2. The van der Waals surface area contributed by atoms with Crippen molar-refractivity contribution in [2.75, 3.05) is 27.2 Å². The number of likely N-dealkylation sites (N-methyl/N-ethyl adjacent to an activating group) is 1. The highest BCUT2D eigenvalue weighted by Gasteiger charge is 2.34. The minimum absolute atomic E-state index is 0. The maximum Gasteiger partial charge on any atom is 0.243 e. The molecular formula is C20H33IN4O2. The van der Waals surface area contributed by atoms with Crippen LogP contribution in [-0.2, 0) is 4.79 Å². The number of hydrogen-bond acceptors (Lipinski definition) is 3. The zero-order valence-electron chi connectivity index (χ0n) is 17.2. The van der Waals surface area contributed by atoms with Gasteiger partial charge in [0, 0.05) is 32.6 Å². The van der Waals surface area contributed by atoms with Crippen LogP contribution in [-0.4, -0.2) is 49.6 Å². The number of benzene rings is 1. The molecular weight excluding hydrogens is 455 g/mol. The molecule has 0 bridgehead atoms. The van der Waals surface area contributed by atoms with Crippen LogP contribution in [0, 0.1) is 5.92 Å². The Bertz CT molecular complexity index is 659. The van der Waals surface area contributed by atoms with Crippen molar-refractivity contribution < 1.29 is 9.53 Å². The number of carbonyl (C=O) groups excluding carboxylic acids is 1. The van der Waals surface area contributed by atoms with Crippen LogP contribution in [0.3, 0.4) is 0 Å². The van der Waals surface area contributed by atoms with E-state index in [9.17, 15) is 4.79 Å². The number of para-hydroxylation sites is 1. The van der Waals surface area contributed by atoms with Crippen molar-refractivity contribution in [3.63, 3.8) is 0 Å². The second kappa shape index (κ2) is 10.1. The predicted octanol–water partition coefficient (Wildman–Crippen LogP) is 3.19. The Balaban J connectivity index is 0.00000364. The van der Waals surface area contributed by atoms with E-state index in [4.69, 9.17) is 4.74 Å². The van der Waals surface area contributed by atoms with E-state index in [-0.39, 0.29) is 48.1 Å². The normalized spacial score (nSPS) is 18.0. The first-order valence-corrected chi connectivity index (χ1v) is 9.21. The molecule has 1 atom stereocenters. The summed E-state index contributed by atoms with van der Waals surface area (Å²) < 4.78 is 6.10. The maximum atomic E-state index is 11.9. The molecule has 0 fully saturated rings. The van der Waals surface area contributed by atoms with Crippen molar-refractivity contribution in [3.8, 4) is 5.75 Å². The van der Waals surface area contributed by atoms with Gasteiger partial charge in [0.2, 0.25) is 5.91 Å². The molecule has 2 N–H and O–H groups in total. The Labute approximate surface area is 180 Å². The Morgan fingerprint density at radius 3 is 2.63 bits per heavy atom. The third-order valence-corrected chi connectivity index (χ3v) is 4.24. The Morgan fingerprint density at radius 2 is 2.00 bits per heavy atom. The zero-order valence-corrected chi connectivity index (χ0v) is 19.5. The first-order valence-electron chi connectivity index (χ1n) is 9.21. The largest absolute Gasteiger partial charge is 0.487 e. The monoisotopic (exact) mass is 488 g/mol. The molecule has 0 saturated carbocycles. The molecule has 0 aliphatic carbocycles. The minimum atomic E-state index is -0.269. The van der Waals surface area contributed by atoms with Crippen LogP contribution in [0.15, 0.2) is 29.3 Å². The van der Waals surface area contributed by atoms with Crippen LogP contribution in [0.25, 0.3) is 0 Å². The van der Waals surface area contributed by atoms with Gasteiger partial charge in [0.1, 0.15) is 17.9 Å². The molecule has 0 aromatic heterocycles. The lowest BCUT2D eigenvalue weighted by molar-refractivity contribution is -0.127. The molecule has 1 heterocycles. The molecule has 1 aromatic rings.